The van der Waals surface area contributed by atoms with Crippen molar-refractivity contribution in [2.24, 2.45) is 0 Å². The number of aryl methyl sites for hydroxylation is 2. The molecule has 26 heteroatoms. The minimum Gasteiger partial charge on any atom is -0.482 e. The number of carbonyl (C=O) groups excluding carboxylic acids is 3. The second-order valence-electron chi connectivity index (χ2n) is 19.1. The minimum atomic E-state index is -0.628. The van der Waals surface area contributed by atoms with Gasteiger partial charge in [0.25, 0.3) is 17.7 Å². The molecule has 3 atom stereocenters. The number of nitrogens with zero attached hydrogens (tertiary/aromatic N) is 12. The molecule has 0 radical (unpaired) electrons. The van der Waals surface area contributed by atoms with Crippen molar-refractivity contribution in [3.8, 4) is 40.8 Å². The van der Waals surface area contributed by atoms with Crippen LogP contribution in [0.2, 0.25) is 0 Å². The monoisotopic (exact) mass is 1370 g/mol. The lowest BCUT2D eigenvalue weighted by Gasteiger charge is -2.23. The highest BCUT2D eigenvalue weighted by molar-refractivity contribution is 14.1. The lowest BCUT2D eigenvalue weighted by molar-refractivity contribution is 0.0771. The van der Waals surface area contributed by atoms with Crippen LogP contribution in [0.25, 0.3) is 11.3 Å². The van der Waals surface area contributed by atoms with Gasteiger partial charge in [0.2, 0.25) is 0 Å². The summed E-state index contributed by atoms with van der Waals surface area (Å²) in [5.74, 6) is 1.94. The summed E-state index contributed by atoms with van der Waals surface area (Å²) < 4.78 is 64.6. The van der Waals surface area contributed by atoms with Gasteiger partial charge in [-0.05, 0) is 153 Å². The van der Waals surface area contributed by atoms with Crippen LogP contribution in [0.3, 0.4) is 0 Å². The van der Waals surface area contributed by atoms with Gasteiger partial charge in [0, 0.05) is 98.9 Å². The number of hydrogen-bond donors (Lipinski definition) is 3. The second-order valence-corrected chi connectivity index (χ2v) is 21.6. The van der Waals surface area contributed by atoms with E-state index < -0.39 is 35.8 Å². The first-order chi connectivity index (χ1) is 40.0. The fourth-order valence-electron chi connectivity index (χ4n) is 8.68. The van der Waals surface area contributed by atoms with E-state index in [1.807, 2.05) is 13.8 Å². The number of hydrogen-bond acceptors (Lipinski definition) is 16. The molecule has 1 aliphatic rings. The van der Waals surface area contributed by atoms with Gasteiger partial charge in [-0.25, -0.2) is 32.8 Å². The Labute approximate surface area is 510 Å². The number of halogens is 5. The summed E-state index contributed by atoms with van der Waals surface area (Å²) in [6, 6.07) is 17.2. The van der Waals surface area contributed by atoms with Crippen LogP contribution in [0.4, 0.5) is 30.6 Å². The normalized spacial score (nSPS) is 13.3. The van der Waals surface area contributed by atoms with Crippen LogP contribution in [0.1, 0.15) is 112 Å². The fraction of sp³-hybridized carbons (Fsp3) is 0.276. The summed E-state index contributed by atoms with van der Waals surface area (Å²) in [6.07, 6.45) is 10.0. The predicted octanol–water partition coefficient (Wildman–Crippen LogP) is 9.49. The number of rotatable bonds is 13. The molecule has 6 N–H and O–H groups in total. The lowest BCUT2D eigenvalue weighted by Crippen LogP contribution is -2.28. The molecule has 438 valence electrons. The van der Waals surface area contributed by atoms with E-state index in [0.29, 0.717) is 75.1 Å². The smallest absolute Gasteiger partial charge is 0.254 e. The van der Waals surface area contributed by atoms with Crippen molar-refractivity contribution in [2.75, 3.05) is 44.9 Å². The number of ether oxygens (including phenoxy) is 3. The van der Waals surface area contributed by atoms with Crippen molar-refractivity contribution in [1.82, 2.24) is 59.6 Å². The van der Waals surface area contributed by atoms with Crippen molar-refractivity contribution in [3.63, 3.8) is 0 Å². The molecule has 0 saturated heterocycles. The van der Waals surface area contributed by atoms with Gasteiger partial charge in [-0.2, -0.15) is 0 Å². The van der Waals surface area contributed by atoms with Crippen LogP contribution in [0.15, 0.2) is 97.6 Å². The first kappa shape index (κ1) is 63.0. The fourth-order valence-corrected chi connectivity index (χ4v) is 9.53. The maximum Gasteiger partial charge on any atom is 0.254 e. The third kappa shape index (κ3) is 15.3. The largest absolute Gasteiger partial charge is 0.482 e. The zero-order valence-corrected chi connectivity index (χ0v) is 51.3. The molecule has 6 heterocycles. The van der Waals surface area contributed by atoms with Crippen molar-refractivity contribution in [1.29, 1.82) is 0 Å². The third-order valence-corrected chi connectivity index (χ3v) is 14.2. The van der Waals surface area contributed by atoms with Gasteiger partial charge in [0.1, 0.15) is 47.2 Å². The number of benzene rings is 3. The van der Waals surface area contributed by atoms with E-state index >= 15 is 0 Å². The Morgan fingerprint density at radius 2 is 1.32 bits per heavy atom. The molecule has 8 aromatic rings. The first-order valence-corrected chi connectivity index (χ1v) is 28.1. The Morgan fingerprint density at radius 3 is 1.87 bits per heavy atom. The van der Waals surface area contributed by atoms with Gasteiger partial charge in [0.15, 0.2) is 34.7 Å². The summed E-state index contributed by atoms with van der Waals surface area (Å²) in [5.41, 5.74) is 22.8. The van der Waals surface area contributed by atoms with Crippen LogP contribution in [0, 0.1) is 36.9 Å². The van der Waals surface area contributed by atoms with Crippen LogP contribution in [-0.4, -0.2) is 105 Å². The predicted molar refractivity (Wildman–Crippen MR) is 325 cm³/mol. The van der Waals surface area contributed by atoms with Crippen molar-refractivity contribution < 1.29 is 41.8 Å². The molecule has 0 fully saturated rings. The number of anilines is 3. The molecule has 0 saturated carbocycles. The number of nitrogen functional groups attached to an aromatic ring is 3. The van der Waals surface area contributed by atoms with Crippen LogP contribution in [0.5, 0.6) is 17.2 Å². The van der Waals surface area contributed by atoms with Crippen LogP contribution in [-0.2, 0) is 26.2 Å². The van der Waals surface area contributed by atoms with Gasteiger partial charge in [-0.3, -0.25) is 19.1 Å². The van der Waals surface area contributed by atoms with Crippen molar-refractivity contribution in [2.45, 2.75) is 79.1 Å². The van der Waals surface area contributed by atoms with Gasteiger partial charge < -0.3 is 46.1 Å². The first-order valence-electron chi connectivity index (χ1n) is 26.0. The zero-order chi connectivity index (χ0) is 61.1. The average Bonchev–Trinajstić information content (AvgIpc) is 4.20. The summed E-state index contributed by atoms with van der Waals surface area (Å²) in [7, 11) is 4.92. The summed E-state index contributed by atoms with van der Waals surface area (Å²) in [6.45, 7) is 11.1. The maximum absolute atomic E-state index is 14.0. The highest BCUT2D eigenvalue weighted by Crippen LogP contribution is 2.36. The molecule has 5 aromatic heterocycles. The molecule has 3 amide bonds. The van der Waals surface area contributed by atoms with E-state index in [1.54, 1.807) is 94.3 Å². The standard InChI is InChI=1S/C20H22FIN6O2.C20H21FN6O2.C18H17FIN3O2/c1-4-28-11-15(25-26-28)10-27(3)20(29)16-6-5-13(21)7-17(16)12(2)30-18-8-14(22)9-24-19(18)23;1-4-27-18-12-7-17(19(22)23-9-12)29-11(2)15-8-13(21)5-6-14(15)20(28)26(3)10-16(18)24-25-27;1-4-7-23(3)18(24)14-6-5-12(19)8-15(14)11(2)25-16-9-13(20)10-22-17(16)21/h5-9,11-12H,4,10H2,1-3H3,(H2,23,24);5-9,11H,4,10H2,1-3H3,(H2,22,23);1,5-6,8-11H,7H2,2-3H3,(H2,21,22)/t12-;2*11-/m111/s1. The number of aromatic nitrogens is 9. The molecular formula is C58H60F3I2N15O6. The van der Waals surface area contributed by atoms with E-state index in [2.05, 4.69) is 86.7 Å². The maximum atomic E-state index is 14.0. The number of fused-ring (bicyclic) bond motifs is 5. The quantitative estimate of drug-likeness (QED) is 0.0716. The van der Waals surface area contributed by atoms with Gasteiger partial charge >= 0.3 is 0 Å². The second kappa shape index (κ2) is 28.1. The summed E-state index contributed by atoms with van der Waals surface area (Å²) in [4.78, 5) is 55.5. The molecule has 2 bridgehead atoms. The molecule has 0 unspecified atom stereocenters. The number of amides is 3. The molecule has 0 aliphatic carbocycles. The molecule has 84 heavy (non-hydrogen) atoms. The average molecular weight is 1370 g/mol. The number of pyridine rings is 3. The Morgan fingerprint density at radius 1 is 0.774 bits per heavy atom. The summed E-state index contributed by atoms with van der Waals surface area (Å²) >= 11 is 4.18. The number of terminal acetylenes is 1. The number of carbonyl (C=O) groups is 3. The van der Waals surface area contributed by atoms with E-state index in [1.165, 1.54) is 69.3 Å². The SMILES string of the molecule is C#CCN(C)C(=O)c1ccc(F)cc1[C@@H](C)Oc1cc(I)cnc1N.CCn1cc(CN(C)C(=O)c2ccc(F)cc2[C@@H](C)Oc2cc(I)cnc2N)nn1.CCn1nnc2c1-c1cnc(N)c(c1)O[C@H](C)c1cc(F)ccc1C(=O)N(C)C2. The van der Waals surface area contributed by atoms with Gasteiger partial charge in [0.05, 0.1) is 31.5 Å². The van der Waals surface area contributed by atoms with Crippen molar-refractivity contribution in [3.05, 3.63) is 167 Å². The highest BCUT2D eigenvalue weighted by atomic mass is 127. The molecule has 3 aromatic carbocycles. The third-order valence-electron chi connectivity index (χ3n) is 13.0. The molecular weight excluding hydrogens is 1310 g/mol. The van der Waals surface area contributed by atoms with E-state index in [9.17, 15) is 27.6 Å². The Hall–Kier alpha value is -8.59. The van der Waals surface area contributed by atoms with Crippen LogP contribution < -0.4 is 31.4 Å². The lowest BCUT2D eigenvalue weighted by atomic mass is 10.0. The van der Waals surface area contributed by atoms with E-state index in [-0.39, 0.29) is 54.8 Å². The Kier molecular flexibility index (Phi) is 21.1. The topological polar surface area (TPSA) is 267 Å². The molecule has 1 aliphatic heterocycles. The number of nitrogens with two attached hydrogens (primary N) is 3. The Balaban J connectivity index is 0.000000182. The van der Waals surface area contributed by atoms with Gasteiger partial charge in [-0.1, -0.05) is 16.3 Å². The van der Waals surface area contributed by atoms with Gasteiger partial charge in [-0.15, -0.1) is 16.6 Å². The van der Waals surface area contributed by atoms with Crippen LogP contribution >= 0.6 is 45.2 Å². The van der Waals surface area contributed by atoms with E-state index in [4.69, 9.17) is 37.8 Å². The Bertz CT molecular complexity index is 3750. The van der Waals surface area contributed by atoms with E-state index in [0.717, 1.165) is 18.4 Å². The molecule has 21 nitrogen and oxygen atoms in total. The van der Waals surface area contributed by atoms with Crippen molar-refractivity contribution >= 4 is 80.4 Å². The zero-order valence-electron chi connectivity index (χ0n) is 47.0. The molecule has 9 rings (SSSR count). The minimum absolute atomic E-state index is 0.151. The molecule has 0 spiro atoms. The summed E-state index contributed by atoms with van der Waals surface area (Å²) in [5, 5.41) is 16.5. The highest BCUT2D eigenvalue weighted by Gasteiger charge is 2.28.